The van der Waals surface area contributed by atoms with Gasteiger partial charge in [0.25, 0.3) is 10.0 Å². The maximum absolute atomic E-state index is 13.9. The highest BCUT2D eigenvalue weighted by Crippen LogP contribution is 2.27. The van der Waals surface area contributed by atoms with Crippen LogP contribution in [0.5, 0.6) is 0 Å². The third-order valence-electron chi connectivity index (χ3n) is 5.04. The van der Waals surface area contributed by atoms with Gasteiger partial charge < -0.3 is 9.47 Å². The largest absolute Gasteiger partial charge is 0.337 e. The van der Waals surface area contributed by atoms with Gasteiger partial charge in [0.15, 0.2) is 5.03 Å². The number of nitrogens with zero attached hydrogens (tertiary/aromatic N) is 4. The number of carbonyl (C=O) groups is 1. The molecule has 1 aliphatic rings. The number of imidazole rings is 1. The first-order valence-electron chi connectivity index (χ1n) is 8.74. The summed E-state index contributed by atoms with van der Waals surface area (Å²) in [6.07, 6.45) is 2.28. The van der Waals surface area contributed by atoms with Crippen LogP contribution in [0.1, 0.15) is 18.7 Å². The SMILES string of the molecule is Cc1nc(S(=O)(=O)N2CCC(C(=O)N(C)c3ccccc3F)CC2)cn1C. The predicted octanol–water partition coefficient (Wildman–Crippen LogP) is 1.93. The van der Waals surface area contributed by atoms with Gasteiger partial charge in [-0.2, -0.15) is 4.31 Å². The van der Waals surface area contributed by atoms with Gasteiger partial charge in [0.2, 0.25) is 5.91 Å². The van der Waals surface area contributed by atoms with Crippen LogP contribution in [0.3, 0.4) is 0 Å². The zero-order chi connectivity index (χ0) is 19.8. The van der Waals surface area contributed by atoms with Gasteiger partial charge in [-0.1, -0.05) is 12.1 Å². The molecular formula is C18H23FN4O3S. The van der Waals surface area contributed by atoms with Crippen molar-refractivity contribution < 1.29 is 17.6 Å². The molecule has 1 amide bonds. The second-order valence-corrected chi connectivity index (χ2v) is 8.65. The molecule has 27 heavy (non-hydrogen) atoms. The molecule has 3 rings (SSSR count). The fourth-order valence-corrected chi connectivity index (χ4v) is 4.74. The lowest BCUT2D eigenvalue weighted by atomic mass is 9.96. The maximum Gasteiger partial charge on any atom is 0.262 e. The van der Waals surface area contributed by atoms with E-state index in [1.54, 1.807) is 43.8 Å². The van der Waals surface area contributed by atoms with Crippen LogP contribution in [0.2, 0.25) is 0 Å². The van der Waals surface area contributed by atoms with E-state index >= 15 is 0 Å². The van der Waals surface area contributed by atoms with E-state index < -0.39 is 15.8 Å². The number of para-hydroxylation sites is 1. The van der Waals surface area contributed by atoms with Gasteiger partial charge >= 0.3 is 0 Å². The molecule has 2 heterocycles. The average molecular weight is 394 g/mol. The Labute approximate surface area is 158 Å². The summed E-state index contributed by atoms with van der Waals surface area (Å²) in [6, 6.07) is 6.10. The highest BCUT2D eigenvalue weighted by molar-refractivity contribution is 7.89. The third kappa shape index (κ3) is 3.74. The van der Waals surface area contributed by atoms with Crippen molar-refractivity contribution in [3.05, 3.63) is 42.1 Å². The molecule has 9 heteroatoms. The number of benzene rings is 1. The molecule has 2 aromatic rings. The smallest absolute Gasteiger partial charge is 0.262 e. The van der Waals surface area contributed by atoms with E-state index in [0.717, 1.165) is 0 Å². The van der Waals surface area contributed by atoms with Crippen molar-refractivity contribution in [3.63, 3.8) is 0 Å². The van der Waals surface area contributed by atoms with Crippen molar-refractivity contribution in [1.29, 1.82) is 0 Å². The Balaban J connectivity index is 1.68. The summed E-state index contributed by atoms with van der Waals surface area (Å²) < 4.78 is 42.4. The van der Waals surface area contributed by atoms with E-state index in [9.17, 15) is 17.6 Å². The van der Waals surface area contributed by atoms with Gasteiger partial charge in [-0.15, -0.1) is 0 Å². The maximum atomic E-state index is 13.9. The van der Waals surface area contributed by atoms with Gasteiger partial charge in [0.1, 0.15) is 11.6 Å². The number of piperidine rings is 1. The quantitative estimate of drug-likeness (QED) is 0.794. The van der Waals surface area contributed by atoms with Crippen LogP contribution in [0.4, 0.5) is 10.1 Å². The molecule has 146 valence electrons. The fraction of sp³-hybridized carbons (Fsp3) is 0.444. The normalized spacial score (nSPS) is 16.4. The van der Waals surface area contributed by atoms with Gasteiger partial charge in [-0.25, -0.2) is 17.8 Å². The summed E-state index contributed by atoms with van der Waals surface area (Å²) in [6.45, 7) is 2.21. The molecule has 0 unspecified atom stereocenters. The zero-order valence-corrected chi connectivity index (χ0v) is 16.4. The Kier molecular flexibility index (Phi) is 5.34. The summed E-state index contributed by atoms with van der Waals surface area (Å²) in [5.74, 6) is -0.388. The van der Waals surface area contributed by atoms with E-state index in [1.807, 2.05) is 0 Å². The Morgan fingerprint density at radius 1 is 1.26 bits per heavy atom. The van der Waals surface area contributed by atoms with Crippen LogP contribution < -0.4 is 4.90 Å². The number of sulfonamides is 1. The lowest BCUT2D eigenvalue weighted by Crippen LogP contribution is -2.43. The number of aromatic nitrogens is 2. The lowest BCUT2D eigenvalue weighted by Gasteiger charge is -2.32. The summed E-state index contributed by atoms with van der Waals surface area (Å²) in [5, 5.41) is 0.0238. The van der Waals surface area contributed by atoms with E-state index in [4.69, 9.17) is 0 Å². The van der Waals surface area contributed by atoms with Crippen LogP contribution in [0.25, 0.3) is 0 Å². The summed E-state index contributed by atoms with van der Waals surface area (Å²) >= 11 is 0. The molecule has 1 saturated heterocycles. The molecule has 0 bridgehead atoms. The number of hydrogen-bond donors (Lipinski definition) is 0. The van der Waals surface area contributed by atoms with Crippen LogP contribution in [-0.2, 0) is 21.9 Å². The van der Waals surface area contributed by atoms with Crippen LogP contribution in [0, 0.1) is 18.7 Å². The standard InChI is InChI=1S/C18H23FN4O3S/c1-13-20-17(12-21(13)2)27(25,26)23-10-8-14(9-11-23)18(24)22(3)16-7-5-4-6-15(16)19/h4-7,12,14H,8-11H2,1-3H3. The van der Waals surface area contributed by atoms with Crippen molar-refractivity contribution in [3.8, 4) is 0 Å². The Morgan fingerprint density at radius 2 is 1.89 bits per heavy atom. The number of halogens is 1. The van der Waals surface area contributed by atoms with Crippen molar-refractivity contribution in [2.24, 2.45) is 13.0 Å². The first-order valence-corrected chi connectivity index (χ1v) is 10.2. The summed E-state index contributed by atoms with van der Waals surface area (Å²) in [7, 11) is -0.392. The Morgan fingerprint density at radius 3 is 2.44 bits per heavy atom. The second kappa shape index (κ2) is 7.40. The van der Waals surface area contributed by atoms with Crippen LogP contribution in [-0.4, -0.2) is 48.3 Å². The van der Waals surface area contributed by atoms with Gasteiger partial charge in [-0.3, -0.25) is 4.79 Å². The number of hydrogen-bond acceptors (Lipinski definition) is 4. The Hall–Kier alpha value is -2.26. The minimum Gasteiger partial charge on any atom is -0.337 e. The molecule has 0 N–H and O–H groups in total. The molecular weight excluding hydrogens is 371 g/mol. The van der Waals surface area contributed by atoms with Crippen molar-refractivity contribution in [2.75, 3.05) is 25.0 Å². The fourth-order valence-electron chi connectivity index (χ4n) is 3.24. The zero-order valence-electron chi connectivity index (χ0n) is 15.6. The minimum atomic E-state index is -3.68. The van der Waals surface area contributed by atoms with Gasteiger partial charge in [0, 0.05) is 39.3 Å². The highest BCUT2D eigenvalue weighted by Gasteiger charge is 2.35. The van der Waals surface area contributed by atoms with Crippen molar-refractivity contribution in [2.45, 2.75) is 24.8 Å². The van der Waals surface area contributed by atoms with Crippen molar-refractivity contribution in [1.82, 2.24) is 13.9 Å². The summed E-state index contributed by atoms with van der Waals surface area (Å²) in [4.78, 5) is 18.1. The third-order valence-corrected chi connectivity index (χ3v) is 6.81. The van der Waals surface area contributed by atoms with Gasteiger partial charge in [0.05, 0.1) is 5.69 Å². The van der Waals surface area contributed by atoms with Gasteiger partial charge in [-0.05, 0) is 31.9 Å². The lowest BCUT2D eigenvalue weighted by molar-refractivity contribution is -0.123. The number of anilines is 1. The highest BCUT2D eigenvalue weighted by atomic mass is 32.2. The molecule has 1 aliphatic heterocycles. The first kappa shape index (κ1) is 19.5. The number of aryl methyl sites for hydroxylation is 2. The van der Waals surface area contributed by atoms with Crippen molar-refractivity contribution >= 4 is 21.6 Å². The molecule has 0 saturated carbocycles. The molecule has 0 spiro atoms. The molecule has 0 atom stereocenters. The van der Waals surface area contributed by atoms with E-state index in [2.05, 4.69) is 4.98 Å². The molecule has 0 radical (unpaired) electrons. The molecule has 0 aliphatic carbocycles. The molecule has 1 aromatic carbocycles. The first-order chi connectivity index (χ1) is 12.7. The van der Waals surface area contributed by atoms with E-state index in [0.29, 0.717) is 18.7 Å². The Bertz CT molecular complexity index is 930. The molecule has 7 nitrogen and oxygen atoms in total. The monoisotopic (exact) mass is 394 g/mol. The molecule has 1 fully saturated rings. The average Bonchev–Trinajstić information content (AvgIpc) is 3.00. The molecule has 1 aromatic heterocycles. The summed E-state index contributed by atoms with van der Waals surface area (Å²) in [5.41, 5.74) is 0.224. The van der Waals surface area contributed by atoms with E-state index in [1.165, 1.54) is 21.5 Å². The predicted molar refractivity (Wildman–Crippen MR) is 99.2 cm³/mol. The number of amides is 1. The number of rotatable bonds is 4. The topological polar surface area (TPSA) is 75.5 Å². The second-order valence-electron chi connectivity index (χ2n) is 6.76. The minimum absolute atomic E-state index is 0.0238. The number of carbonyl (C=O) groups excluding carboxylic acids is 1. The van der Waals surface area contributed by atoms with E-state index in [-0.39, 0.29) is 35.6 Å². The van der Waals surface area contributed by atoms with Crippen LogP contribution >= 0.6 is 0 Å². The van der Waals surface area contributed by atoms with Crippen LogP contribution in [0.15, 0.2) is 35.5 Å².